The highest BCUT2D eigenvalue weighted by Crippen LogP contribution is 2.40. The van der Waals surface area contributed by atoms with Crippen molar-refractivity contribution in [1.82, 2.24) is 4.90 Å². The van der Waals surface area contributed by atoms with Gasteiger partial charge in [0.05, 0.1) is 21.3 Å². The number of halogens is 1. The van der Waals surface area contributed by atoms with Gasteiger partial charge in [0, 0.05) is 42.5 Å². The van der Waals surface area contributed by atoms with Crippen LogP contribution in [0.15, 0.2) is 60.7 Å². The number of hydrogen-bond acceptors (Lipinski definition) is 5. The second-order valence-electron chi connectivity index (χ2n) is 9.02. The van der Waals surface area contributed by atoms with Crippen LogP contribution in [0.4, 0.5) is 10.1 Å². The first kappa shape index (κ1) is 25.5. The van der Waals surface area contributed by atoms with Crippen molar-refractivity contribution >= 4 is 11.6 Å². The first-order valence-electron chi connectivity index (χ1n) is 12.1. The molecule has 1 aliphatic rings. The van der Waals surface area contributed by atoms with E-state index in [0.29, 0.717) is 35.0 Å². The summed E-state index contributed by atoms with van der Waals surface area (Å²) in [6.45, 7) is 4.30. The molecule has 0 spiro atoms. The van der Waals surface area contributed by atoms with Gasteiger partial charge in [0.2, 0.25) is 5.75 Å². The molecule has 0 unspecified atom stereocenters. The van der Waals surface area contributed by atoms with Gasteiger partial charge in [-0.1, -0.05) is 23.8 Å². The van der Waals surface area contributed by atoms with Gasteiger partial charge in [0.1, 0.15) is 5.82 Å². The summed E-state index contributed by atoms with van der Waals surface area (Å²) in [5, 5.41) is 0. The van der Waals surface area contributed by atoms with E-state index in [4.69, 9.17) is 14.2 Å². The number of ether oxygens (including phenoxy) is 3. The normalized spacial score (nSPS) is 14.4. The average molecular weight is 493 g/mol. The quantitative estimate of drug-likeness (QED) is 0.417. The van der Waals surface area contributed by atoms with Crippen molar-refractivity contribution in [2.75, 3.05) is 39.3 Å². The Bertz CT molecular complexity index is 1170. The molecule has 3 aromatic carbocycles. The first-order valence-corrected chi connectivity index (χ1v) is 12.1. The summed E-state index contributed by atoms with van der Waals surface area (Å²) in [4.78, 5) is 17.8. The van der Waals surface area contributed by atoms with Crippen LogP contribution in [-0.2, 0) is 6.54 Å². The molecule has 0 aromatic heterocycles. The molecule has 1 saturated heterocycles. The molecule has 0 radical (unpaired) electrons. The maximum absolute atomic E-state index is 13.6. The van der Waals surface area contributed by atoms with Crippen LogP contribution in [0, 0.1) is 12.7 Å². The number of nitrogens with zero attached hydrogens (tertiary/aromatic N) is 2. The number of carbonyl (C=O) groups excluding carboxylic acids is 1. The molecule has 1 amide bonds. The lowest BCUT2D eigenvalue weighted by Crippen LogP contribution is -2.47. The van der Waals surface area contributed by atoms with E-state index in [2.05, 4.69) is 4.90 Å². The summed E-state index contributed by atoms with van der Waals surface area (Å²) >= 11 is 0. The summed E-state index contributed by atoms with van der Waals surface area (Å²) in [6, 6.07) is 17.7. The van der Waals surface area contributed by atoms with Gasteiger partial charge in [-0.3, -0.25) is 9.69 Å². The summed E-state index contributed by atoms with van der Waals surface area (Å²) in [5.41, 5.74) is 3.45. The smallest absolute Gasteiger partial charge is 0.258 e. The standard InChI is InChI=1S/C29H33FN2O4/c1-20-5-7-21(8-6-20)29(33)32(24-12-10-23(30)11-13-24)25-15-17-31(18-16-25)19-22-9-14-26(34-2)28(36-4)27(22)35-3/h5-14,25H,15-19H2,1-4H3. The fraction of sp³-hybridized carbons (Fsp3) is 0.345. The van der Waals surface area contributed by atoms with E-state index in [9.17, 15) is 9.18 Å². The number of anilines is 1. The highest BCUT2D eigenvalue weighted by Gasteiger charge is 2.30. The minimum atomic E-state index is -0.319. The topological polar surface area (TPSA) is 51.2 Å². The number of hydrogen-bond donors (Lipinski definition) is 0. The summed E-state index contributed by atoms with van der Waals surface area (Å²) in [6.07, 6.45) is 1.59. The maximum Gasteiger partial charge on any atom is 0.258 e. The summed E-state index contributed by atoms with van der Waals surface area (Å²) in [7, 11) is 4.83. The van der Waals surface area contributed by atoms with Gasteiger partial charge in [0.25, 0.3) is 5.91 Å². The highest BCUT2D eigenvalue weighted by atomic mass is 19.1. The Labute approximate surface area is 212 Å². The molecule has 0 bridgehead atoms. The lowest BCUT2D eigenvalue weighted by Gasteiger charge is -2.39. The first-order chi connectivity index (χ1) is 17.4. The molecule has 7 heteroatoms. The molecule has 1 heterocycles. The predicted molar refractivity (Wildman–Crippen MR) is 139 cm³/mol. The van der Waals surface area contributed by atoms with Crippen molar-refractivity contribution in [3.63, 3.8) is 0 Å². The van der Waals surface area contributed by atoms with Gasteiger partial charge in [0.15, 0.2) is 11.5 Å². The minimum Gasteiger partial charge on any atom is -0.493 e. The van der Waals surface area contributed by atoms with E-state index >= 15 is 0 Å². The number of aryl methyl sites for hydroxylation is 1. The Hall–Kier alpha value is -3.58. The Morgan fingerprint density at radius 3 is 2.11 bits per heavy atom. The molecular weight excluding hydrogens is 459 g/mol. The van der Waals surface area contributed by atoms with E-state index in [0.717, 1.165) is 37.1 Å². The fourth-order valence-electron chi connectivity index (χ4n) is 4.80. The number of piperidine rings is 1. The highest BCUT2D eigenvalue weighted by molar-refractivity contribution is 6.06. The molecule has 1 fully saturated rings. The summed E-state index contributed by atoms with van der Waals surface area (Å²) < 4.78 is 30.2. The Morgan fingerprint density at radius 1 is 0.889 bits per heavy atom. The zero-order chi connectivity index (χ0) is 25.7. The van der Waals surface area contributed by atoms with Crippen molar-refractivity contribution in [1.29, 1.82) is 0 Å². The van der Waals surface area contributed by atoms with Gasteiger partial charge in [-0.25, -0.2) is 4.39 Å². The van der Waals surface area contributed by atoms with Crippen LogP contribution in [0.25, 0.3) is 0 Å². The number of likely N-dealkylation sites (tertiary alicyclic amines) is 1. The predicted octanol–water partition coefficient (Wildman–Crippen LogP) is 5.47. The van der Waals surface area contributed by atoms with E-state index in [1.807, 2.05) is 48.2 Å². The van der Waals surface area contributed by atoms with Crippen LogP contribution in [0.2, 0.25) is 0 Å². The molecule has 0 N–H and O–H groups in total. The van der Waals surface area contributed by atoms with E-state index in [-0.39, 0.29) is 17.8 Å². The number of methoxy groups -OCH3 is 3. The lowest BCUT2D eigenvalue weighted by molar-refractivity contribution is 0.0958. The van der Waals surface area contributed by atoms with E-state index < -0.39 is 0 Å². The zero-order valence-electron chi connectivity index (χ0n) is 21.3. The Balaban J connectivity index is 1.52. The third kappa shape index (κ3) is 5.46. The Kier molecular flexibility index (Phi) is 8.10. The van der Waals surface area contributed by atoms with Crippen LogP contribution in [0.1, 0.15) is 34.3 Å². The third-order valence-electron chi connectivity index (χ3n) is 6.72. The molecule has 0 saturated carbocycles. The molecule has 0 atom stereocenters. The van der Waals surface area contributed by atoms with Gasteiger partial charge in [-0.15, -0.1) is 0 Å². The molecule has 190 valence electrons. The van der Waals surface area contributed by atoms with Gasteiger partial charge in [-0.05, 0) is 62.2 Å². The van der Waals surface area contributed by atoms with E-state index in [1.165, 1.54) is 12.1 Å². The summed E-state index contributed by atoms with van der Waals surface area (Å²) in [5.74, 6) is 1.49. The number of rotatable bonds is 8. The van der Waals surface area contributed by atoms with Crippen molar-refractivity contribution in [3.05, 3.63) is 83.2 Å². The Morgan fingerprint density at radius 2 is 1.53 bits per heavy atom. The van der Waals surface area contributed by atoms with Crippen LogP contribution in [0.3, 0.4) is 0 Å². The van der Waals surface area contributed by atoms with Crippen molar-refractivity contribution < 1.29 is 23.4 Å². The lowest BCUT2D eigenvalue weighted by atomic mass is 9.99. The second kappa shape index (κ2) is 11.4. The van der Waals surface area contributed by atoms with E-state index in [1.54, 1.807) is 33.5 Å². The average Bonchev–Trinajstić information content (AvgIpc) is 2.90. The minimum absolute atomic E-state index is 0.00723. The largest absolute Gasteiger partial charge is 0.493 e. The molecule has 3 aromatic rings. The van der Waals surface area contributed by atoms with Crippen LogP contribution >= 0.6 is 0 Å². The molecular formula is C29H33FN2O4. The van der Waals surface area contributed by atoms with Crippen LogP contribution in [-0.4, -0.2) is 51.3 Å². The molecule has 36 heavy (non-hydrogen) atoms. The zero-order valence-corrected chi connectivity index (χ0v) is 21.3. The molecule has 6 nitrogen and oxygen atoms in total. The van der Waals surface area contributed by atoms with Crippen molar-refractivity contribution in [2.24, 2.45) is 0 Å². The third-order valence-corrected chi connectivity index (χ3v) is 6.72. The number of amides is 1. The van der Waals surface area contributed by atoms with Crippen LogP contribution < -0.4 is 19.1 Å². The van der Waals surface area contributed by atoms with Gasteiger partial charge >= 0.3 is 0 Å². The van der Waals surface area contributed by atoms with Gasteiger partial charge < -0.3 is 19.1 Å². The number of benzene rings is 3. The number of carbonyl (C=O) groups is 1. The van der Waals surface area contributed by atoms with Crippen molar-refractivity contribution in [3.8, 4) is 17.2 Å². The molecule has 0 aliphatic carbocycles. The van der Waals surface area contributed by atoms with Crippen molar-refractivity contribution in [2.45, 2.75) is 32.4 Å². The maximum atomic E-state index is 13.6. The SMILES string of the molecule is COc1ccc(CN2CCC(N(C(=O)c3ccc(C)cc3)c3ccc(F)cc3)CC2)c(OC)c1OC. The fourth-order valence-corrected chi connectivity index (χ4v) is 4.80. The molecule has 4 rings (SSSR count). The van der Waals surface area contributed by atoms with Gasteiger partial charge in [-0.2, -0.15) is 0 Å². The molecule has 1 aliphatic heterocycles. The monoisotopic (exact) mass is 492 g/mol. The second-order valence-corrected chi connectivity index (χ2v) is 9.02. The van der Waals surface area contributed by atoms with Crippen LogP contribution in [0.5, 0.6) is 17.2 Å².